The van der Waals surface area contributed by atoms with Crippen LogP contribution in [0, 0.1) is 0 Å². The summed E-state index contributed by atoms with van der Waals surface area (Å²) in [6.45, 7) is 1.27. The summed E-state index contributed by atoms with van der Waals surface area (Å²) < 4.78 is 11.1. The summed E-state index contributed by atoms with van der Waals surface area (Å²) in [5.41, 5.74) is 1.48. The molecule has 3 aromatic rings. The van der Waals surface area contributed by atoms with Gasteiger partial charge in [-0.3, -0.25) is 24.4 Å². The van der Waals surface area contributed by atoms with E-state index in [1.807, 2.05) is 6.07 Å². The van der Waals surface area contributed by atoms with Gasteiger partial charge in [-0.15, -0.1) is 0 Å². The first-order chi connectivity index (χ1) is 15.8. The fraction of sp³-hybridized carbons (Fsp3) is 0.130. The van der Waals surface area contributed by atoms with Crippen molar-refractivity contribution in [3.05, 3.63) is 89.5 Å². The van der Waals surface area contributed by atoms with Crippen molar-refractivity contribution < 1.29 is 19.1 Å². The van der Waals surface area contributed by atoms with E-state index in [-0.39, 0.29) is 28.7 Å². The molecule has 33 heavy (non-hydrogen) atoms. The van der Waals surface area contributed by atoms with Crippen molar-refractivity contribution in [1.82, 2.24) is 9.97 Å². The van der Waals surface area contributed by atoms with E-state index in [2.05, 4.69) is 31.2 Å². The number of allylic oxidation sites excluding steroid dienone is 1. The minimum absolute atomic E-state index is 0.175. The predicted octanol–water partition coefficient (Wildman–Crippen LogP) is 2.92. The van der Waals surface area contributed by atoms with Gasteiger partial charge in [-0.1, -0.05) is 24.3 Å². The second-order valence-electron chi connectivity index (χ2n) is 7.55. The molecule has 0 bridgehead atoms. The molecule has 0 unspecified atom stereocenters. The minimum Gasteiger partial charge on any atom is -0.493 e. The number of H-pyrrole nitrogens is 2. The first-order valence-electron chi connectivity index (χ1n) is 9.87. The van der Waals surface area contributed by atoms with Gasteiger partial charge in [0.1, 0.15) is 5.82 Å². The van der Waals surface area contributed by atoms with Gasteiger partial charge in [0.2, 0.25) is 0 Å². The maximum Gasteiger partial charge on any atom is 0.327 e. The number of rotatable bonds is 3. The predicted molar refractivity (Wildman–Crippen MR) is 123 cm³/mol. The average molecular weight is 510 g/mol. The summed E-state index contributed by atoms with van der Waals surface area (Å²) in [5.74, 6) is -0.971. The van der Waals surface area contributed by atoms with Gasteiger partial charge in [-0.25, -0.2) is 4.79 Å². The van der Waals surface area contributed by atoms with Crippen molar-refractivity contribution in [3.8, 4) is 11.5 Å². The van der Waals surface area contributed by atoms with E-state index in [1.165, 1.54) is 14.0 Å². The summed E-state index contributed by atoms with van der Waals surface area (Å²) >= 11 is 3.40. The van der Waals surface area contributed by atoms with Crippen LogP contribution in [0.4, 0.5) is 5.82 Å². The molecule has 9 nitrogen and oxygen atoms in total. The number of ketones is 1. The molecule has 1 aromatic heterocycles. The van der Waals surface area contributed by atoms with E-state index >= 15 is 0 Å². The van der Waals surface area contributed by atoms with Crippen LogP contribution in [0.15, 0.2) is 56.0 Å². The lowest BCUT2D eigenvalue weighted by Crippen LogP contribution is -2.33. The third-order valence-electron chi connectivity index (χ3n) is 5.59. The molecular weight excluding hydrogens is 494 g/mol. The lowest BCUT2D eigenvalue weighted by Gasteiger charge is -2.28. The van der Waals surface area contributed by atoms with Crippen molar-refractivity contribution >= 4 is 39.2 Å². The Morgan fingerprint density at radius 2 is 1.79 bits per heavy atom. The lowest BCUT2D eigenvalue weighted by molar-refractivity contribution is -0.132. The van der Waals surface area contributed by atoms with Crippen LogP contribution in [0.2, 0.25) is 0 Å². The number of ether oxygens (including phenoxy) is 2. The van der Waals surface area contributed by atoms with Crippen LogP contribution in [-0.4, -0.2) is 28.8 Å². The summed E-state index contributed by atoms with van der Waals surface area (Å²) in [6, 6.07) is 10.4. The molecule has 0 spiro atoms. The van der Waals surface area contributed by atoms with E-state index in [0.717, 1.165) is 0 Å². The van der Waals surface area contributed by atoms with Crippen molar-refractivity contribution in [2.75, 3.05) is 12.4 Å². The van der Waals surface area contributed by atoms with E-state index in [9.17, 15) is 19.2 Å². The van der Waals surface area contributed by atoms with Crippen LogP contribution in [0.5, 0.6) is 11.5 Å². The standard InChI is InChI=1S/C23H16BrN3O6/c1-9(28)33-20-13(24)7-10(8-14(20)32-2)15-16-18(11-5-3-4-6-12(11)19(16)29)25-21-17(15)22(30)27-23(31)26-21/h3-8,15H,1-2H3,(H3,25,26,27,30,31)/t15-/m0/s1. The van der Waals surface area contributed by atoms with Crippen molar-refractivity contribution in [3.63, 3.8) is 0 Å². The van der Waals surface area contributed by atoms with E-state index < -0.39 is 23.1 Å². The van der Waals surface area contributed by atoms with Crippen LogP contribution in [0.25, 0.3) is 5.70 Å². The molecule has 1 atom stereocenters. The molecule has 2 aromatic carbocycles. The Kier molecular flexibility index (Phi) is 4.82. The molecule has 0 fully saturated rings. The van der Waals surface area contributed by atoms with Crippen LogP contribution in [0.1, 0.15) is 39.9 Å². The Labute approximate surface area is 194 Å². The number of hydrogen-bond acceptors (Lipinski definition) is 7. The van der Waals surface area contributed by atoms with Gasteiger partial charge in [0.05, 0.1) is 22.8 Å². The third kappa shape index (κ3) is 3.21. The zero-order chi connectivity index (χ0) is 23.4. The number of Topliss-reactive ketones (excluding diaryl/α,β-unsaturated/α-hetero) is 1. The fourth-order valence-electron chi connectivity index (χ4n) is 4.33. The first kappa shape index (κ1) is 21.0. The Morgan fingerprint density at radius 3 is 2.48 bits per heavy atom. The summed E-state index contributed by atoms with van der Waals surface area (Å²) in [6.07, 6.45) is 0. The topological polar surface area (TPSA) is 130 Å². The second kappa shape index (κ2) is 7.59. The van der Waals surface area contributed by atoms with Crippen molar-refractivity contribution in [2.24, 2.45) is 0 Å². The van der Waals surface area contributed by atoms with Crippen molar-refractivity contribution in [1.29, 1.82) is 0 Å². The number of hydrogen-bond donors (Lipinski definition) is 3. The van der Waals surface area contributed by atoms with E-state index in [4.69, 9.17) is 9.47 Å². The molecule has 2 aliphatic rings. The van der Waals surface area contributed by atoms with Gasteiger partial charge in [-0.05, 0) is 33.6 Å². The number of methoxy groups -OCH3 is 1. The number of anilines is 1. The quantitative estimate of drug-likeness (QED) is 0.365. The number of benzene rings is 2. The zero-order valence-electron chi connectivity index (χ0n) is 17.4. The molecule has 5 rings (SSSR count). The Morgan fingerprint density at radius 1 is 1.06 bits per heavy atom. The molecule has 2 heterocycles. The number of carbonyl (C=O) groups excluding carboxylic acids is 2. The van der Waals surface area contributed by atoms with E-state index in [1.54, 1.807) is 30.3 Å². The third-order valence-corrected chi connectivity index (χ3v) is 6.18. The van der Waals surface area contributed by atoms with E-state index in [0.29, 0.717) is 32.4 Å². The monoisotopic (exact) mass is 509 g/mol. The van der Waals surface area contributed by atoms with Gasteiger partial charge in [-0.2, -0.15) is 0 Å². The summed E-state index contributed by atoms with van der Waals surface area (Å²) in [5, 5.41) is 3.08. The van der Waals surface area contributed by atoms with Crippen LogP contribution >= 0.6 is 15.9 Å². The smallest absolute Gasteiger partial charge is 0.327 e. The highest BCUT2D eigenvalue weighted by Crippen LogP contribution is 2.49. The highest BCUT2D eigenvalue weighted by atomic mass is 79.9. The minimum atomic E-state index is -0.826. The fourth-order valence-corrected chi connectivity index (χ4v) is 4.88. The number of fused-ring (bicyclic) bond motifs is 3. The maximum atomic E-state index is 13.5. The highest BCUT2D eigenvalue weighted by Gasteiger charge is 2.42. The van der Waals surface area contributed by atoms with Gasteiger partial charge >= 0.3 is 11.7 Å². The molecule has 166 valence electrons. The molecule has 0 amide bonds. The van der Waals surface area contributed by atoms with Crippen LogP contribution < -0.4 is 26.0 Å². The second-order valence-corrected chi connectivity index (χ2v) is 8.40. The molecule has 0 saturated heterocycles. The molecule has 1 aliphatic heterocycles. The average Bonchev–Trinajstić information content (AvgIpc) is 3.05. The number of nitrogens with one attached hydrogen (secondary N) is 3. The van der Waals surface area contributed by atoms with Crippen LogP contribution in [-0.2, 0) is 4.79 Å². The number of carbonyl (C=O) groups is 2. The summed E-state index contributed by atoms with van der Waals surface area (Å²) in [4.78, 5) is 54.8. The summed E-state index contributed by atoms with van der Waals surface area (Å²) in [7, 11) is 1.42. The largest absolute Gasteiger partial charge is 0.493 e. The molecule has 0 radical (unpaired) electrons. The number of esters is 1. The van der Waals surface area contributed by atoms with Crippen LogP contribution in [0.3, 0.4) is 0 Å². The Balaban J connectivity index is 1.80. The highest BCUT2D eigenvalue weighted by molar-refractivity contribution is 9.10. The van der Waals surface area contributed by atoms with Gasteiger partial charge in [0, 0.05) is 29.5 Å². The Bertz CT molecular complexity index is 1520. The first-order valence-corrected chi connectivity index (χ1v) is 10.7. The zero-order valence-corrected chi connectivity index (χ0v) is 19.0. The lowest BCUT2D eigenvalue weighted by atomic mass is 9.81. The molecule has 10 heteroatoms. The number of aromatic amines is 2. The molecule has 1 aliphatic carbocycles. The Hall–Kier alpha value is -3.92. The SMILES string of the molecule is COc1cc([C@H]2C3=C(Nc4[nH]c(=O)[nH]c(=O)c42)c2ccccc2C3=O)cc(Br)c1OC(C)=O. The van der Waals surface area contributed by atoms with Crippen molar-refractivity contribution in [2.45, 2.75) is 12.8 Å². The van der Waals surface area contributed by atoms with Gasteiger partial charge < -0.3 is 14.8 Å². The normalized spacial score (nSPS) is 16.0. The number of aromatic nitrogens is 2. The molecular formula is C23H16BrN3O6. The number of halogens is 1. The maximum absolute atomic E-state index is 13.5. The molecule has 3 N–H and O–H groups in total. The van der Waals surface area contributed by atoms with Gasteiger partial charge in [0.15, 0.2) is 17.3 Å². The van der Waals surface area contributed by atoms with Gasteiger partial charge in [0.25, 0.3) is 5.56 Å². The molecule has 0 saturated carbocycles.